The predicted octanol–water partition coefficient (Wildman–Crippen LogP) is 3.33. The van der Waals surface area contributed by atoms with Crippen molar-refractivity contribution in [3.05, 3.63) is 52.7 Å². The maximum atomic E-state index is 14.4. The van der Waals surface area contributed by atoms with E-state index < -0.39 is 5.41 Å². The molecule has 0 radical (unpaired) electrons. The van der Waals surface area contributed by atoms with Crippen LogP contribution in [0.1, 0.15) is 55.3 Å². The summed E-state index contributed by atoms with van der Waals surface area (Å²) >= 11 is 0. The average molecular weight is 426 g/mol. The second-order valence-electron chi connectivity index (χ2n) is 9.29. The smallest absolute Gasteiger partial charge is 0.233 e. The number of benzene rings is 1. The highest BCUT2D eigenvalue weighted by Gasteiger charge is 2.38. The Labute approximate surface area is 183 Å². The Morgan fingerprint density at radius 3 is 2.71 bits per heavy atom. The van der Waals surface area contributed by atoms with Crippen molar-refractivity contribution in [1.82, 2.24) is 19.8 Å². The van der Waals surface area contributed by atoms with E-state index in [1.165, 1.54) is 6.07 Å². The van der Waals surface area contributed by atoms with E-state index in [9.17, 15) is 9.18 Å². The molecule has 31 heavy (non-hydrogen) atoms. The van der Waals surface area contributed by atoms with E-state index in [1.807, 2.05) is 11.9 Å². The van der Waals surface area contributed by atoms with Gasteiger partial charge in [-0.15, -0.1) is 0 Å². The summed E-state index contributed by atoms with van der Waals surface area (Å²) in [5.41, 5.74) is 1.47. The molecule has 3 heterocycles. The van der Waals surface area contributed by atoms with Gasteiger partial charge in [-0.05, 0) is 52.8 Å². The molecule has 1 aromatic heterocycles. The van der Waals surface area contributed by atoms with E-state index in [0.29, 0.717) is 31.0 Å². The van der Waals surface area contributed by atoms with Crippen molar-refractivity contribution in [2.75, 3.05) is 39.0 Å². The highest BCUT2D eigenvalue weighted by molar-refractivity contribution is 5.87. The molecule has 6 nitrogen and oxygen atoms in total. The number of hydrogen-bond donors (Lipinski definition) is 1. The number of carbonyl (C=O) groups is 1. The Morgan fingerprint density at radius 1 is 1.23 bits per heavy atom. The molecule has 1 aromatic carbocycles. The Morgan fingerprint density at radius 2 is 2.00 bits per heavy atom. The molecular formula is C24H32FN5O. The van der Waals surface area contributed by atoms with Gasteiger partial charge in [0.05, 0.1) is 17.7 Å². The number of likely N-dealkylation sites (N-methyl/N-ethyl adjacent to an activating group) is 1. The Bertz CT molecular complexity index is 976. The maximum absolute atomic E-state index is 14.4. The van der Waals surface area contributed by atoms with Crippen LogP contribution >= 0.6 is 0 Å². The quantitative estimate of drug-likeness (QED) is 0.814. The molecule has 0 bridgehead atoms. The van der Waals surface area contributed by atoms with Gasteiger partial charge in [0.1, 0.15) is 17.5 Å². The van der Waals surface area contributed by atoms with Crippen LogP contribution in [0.3, 0.4) is 0 Å². The van der Waals surface area contributed by atoms with Crippen molar-refractivity contribution in [1.29, 1.82) is 0 Å². The molecule has 4 rings (SSSR count). The number of amides is 1. The van der Waals surface area contributed by atoms with Crippen molar-refractivity contribution in [3.63, 3.8) is 0 Å². The third-order valence-electron chi connectivity index (χ3n) is 6.68. The molecule has 1 N–H and O–H groups in total. The zero-order valence-corrected chi connectivity index (χ0v) is 18.9. The summed E-state index contributed by atoms with van der Waals surface area (Å²) in [7, 11) is 4.02. The summed E-state index contributed by atoms with van der Waals surface area (Å²) in [4.78, 5) is 27.4. The number of hydrogen-bond acceptors (Lipinski definition) is 5. The van der Waals surface area contributed by atoms with Gasteiger partial charge in [-0.25, -0.2) is 14.4 Å². The Hall–Kier alpha value is -2.54. The molecular weight excluding hydrogens is 393 g/mol. The number of halogens is 1. The van der Waals surface area contributed by atoms with E-state index in [0.717, 1.165) is 48.8 Å². The first-order chi connectivity index (χ1) is 14.8. The van der Waals surface area contributed by atoms with Gasteiger partial charge in [-0.2, -0.15) is 0 Å². The first kappa shape index (κ1) is 21.7. The van der Waals surface area contributed by atoms with Crippen molar-refractivity contribution in [2.24, 2.45) is 0 Å². The van der Waals surface area contributed by atoms with Gasteiger partial charge < -0.3 is 15.1 Å². The van der Waals surface area contributed by atoms with Crippen LogP contribution in [0.4, 0.5) is 10.2 Å². The number of aromatic nitrogens is 2. The van der Waals surface area contributed by atoms with Crippen molar-refractivity contribution < 1.29 is 9.18 Å². The summed E-state index contributed by atoms with van der Waals surface area (Å²) < 4.78 is 14.4. The second-order valence-corrected chi connectivity index (χ2v) is 9.29. The van der Waals surface area contributed by atoms with Crippen LogP contribution in [0.15, 0.2) is 24.3 Å². The van der Waals surface area contributed by atoms with E-state index in [4.69, 9.17) is 9.97 Å². The van der Waals surface area contributed by atoms with E-state index >= 15 is 0 Å². The lowest BCUT2D eigenvalue weighted by molar-refractivity contribution is -0.137. The SMILES string of the molecule is CNc1nc([C@H]2CCCN(C)C2)nc2c1CCN(C(=O)C(C)(C)c1ccccc1F)C2. The summed E-state index contributed by atoms with van der Waals surface area (Å²) in [5.74, 6) is 1.61. The van der Waals surface area contributed by atoms with Crippen LogP contribution in [-0.4, -0.2) is 59.4 Å². The number of piperidine rings is 1. The number of rotatable bonds is 4. The predicted molar refractivity (Wildman–Crippen MR) is 120 cm³/mol. The fraction of sp³-hybridized carbons (Fsp3) is 0.542. The third kappa shape index (κ3) is 4.15. The molecule has 1 saturated heterocycles. The standard InChI is InChI=1S/C24H32FN5O/c1-24(2,18-9-5-6-10-19(18)25)23(31)30-13-11-17-20(15-30)27-21(28-22(17)26-3)16-8-7-12-29(4)14-16/h5-6,9-10,16H,7-8,11-15H2,1-4H3,(H,26,27,28)/t16-/m0/s1. The minimum absolute atomic E-state index is 0.0770. The molecule has 0 spiro atoms. The monoisotopic (exact) mass is 425 g/mol. The number of carbonyl (C=O) groups excluding carboxylic acids is 1. The van der Waals surface area contributed by atoms with E-state index in [1.54, 1.807) is 32.0 Å². The van der Waals surface area contributed by atoms with Crippen LogP contribution in [0.2, 0.25) is 0 Å². The lowest BCUT2D eigenvalue weighted by Crippen LogP contribution is -2.46. The Balaban J connectivity index is 1.62. The first-order valence-corrected chi connectivity index (χ1v) is 11.1. The summed E-state index contributed by atoms with van der Waals surface area (Å²) in [6.45, 7) is 6.65. The number of likely N-dealkylation sites (tertiary alicyclic amines) is 1. The van der Waals surface area contributed by atoms with Crippen LogP contribution in [0.5, 0.6) is 0 Å². The van der Waals surface area contributed by atoms with Gasteiger partial charge >= 0.3 is 0 Å². The third-order valence-corrected chi connectivity index (χ3v) is 6.68. The molecule has 2 aromatic rings. The van der Waals surface area contributed by atoms with Crippen molar-refractivity contribution in [2.45, 2.75) is 51.0 Å². The van der Waals surface area contributed by atoms with Crippen molar-refractivity contribution >= 4 is 11.7 Å². The van der Waals surface area contributed by atoms with Crippen LogP contribution in [-0.2, 0) is 23.2 Å². The number of nitrogens with one attached hydrogen (secondary N) is 1. The van der Waals surface area contributed by atoms with Gasteiger partial charge in [0.2, 0.25) is 5.91 Å². The summed E-state index contributed by atoms with van der Waals surface area (Å²) in [6, 6.07) is 6.54. The summed E-state index contributed by atoms with van der Waals surface area (Å²) in [5, 5.41) is 3.24. The minimum Gasteiger partial charge on any atom is -0.373 e. The summed E-state index contributed by atoms with van der Waals surface area (Å²) in [6.07, 6.45) is 2.91. The van der Waals surface area contributed by atoms with E-state index in [2.05, 4.69) is 17.3 Å². The fourth-order valence-corrected chi connectivity index (χ4v) is 4.87. The number of anilines is 1. The Kier molecular flexibility index (Phi) is 5.97. The lowest BCUT2D eigenvalue weighted by Gasteiger charge is -2.36. The van der Waals surface area contributed by atoms with Crippen LogP contribution in [0, 0.1) is 5.82 Å². The van der Waals surface area contributed by atoms with E-state index in [-0.39, 0.29) is 11.7 Å². The molecule has 2 aliphatic rings. The molecule has 1 atom stereocenters. The average Bonchev–Trinajstić information content (AvgIpc) is 2.77. The topological polar surface area (TPSA) is 61.4 Å². The molecule has 1 fully saturated rings. The van der Waals surface area contributed by atoms with Gasteiger partial charge in [0.15, 0.2) is 0 Å². The molecule has 166 valence electrons. The number of nitrogens with zero attached hydrogens (tertiary/aromatic N) is 4. The van der Waals surface area contributed by atoms with Gasteiger partial charge in [0.25, 0.3) is 0 Å². The molecule has 0 aliphatic carbocycles. The first-order valence-electron chi connectivity index (χ1n) is 11.1. The van der Waals surface area contributed by atoms with Crippen LogP contribution in [0.25, 0.3) is 0 Å². The highest BCUT2D eigenvalue weighted by Crippen LogP contribution is 2.33. The molecule has 0 saturated carbocycles. The normalized spacial score (nSPS) is 19.8. The minimum atomic E-state index is -0.948. The van der Waals surface area contributed by atoms with Crippen LogP contribution < -0.4 is 5.32 Å². The molecule has 0 unspecified atom stereocenters. The maximum Gasteiger partial charge on any atom is 0.233 e. The fourth-order valence-electron chi connectivity index (χ4n) is 4.87. The van der Waals surface area contributed by atoms with Gasteiger partial charge in [0, 0.05) is 37.2 Å². The molecule has 7 heteroatoms. The highest BCUT2D eigenvalue weighted by atomic mass is 19.1. The lowest BCUT2D eigenvalue weighted by atomic mass is 9.82. The zero-order chi connectivity index (χ0) is 22.2. The second kappa shape index (κ2) is 8.54. The van der Waals surface area contributed by atoms with Crippen molar-refractivity contribution in [3.8, 4) is 0 Å². The van der Waals surface area contributed by atoms with Gasteiger partial charge in [-0.1, -0.05) is 18.2 Å². The largest absolute Gasteiger partial charge is 0.373 e. The number of fused-ring (bicyclic) bond motifs is 1. The van der Waals surface area contributed by atoms with Gasteiger partial charge in [-0.3, -0.25) is 4.79 Å². The molecule has 2 aliphatic heterocycles. The zero-order valence-electron chi connectivity index (χ0n) is 18.9. The molecule has 1 amide bonds.